The third-order valence-corrected chi connectivity index (χ3v) is 12.6. The monoisotopic (exact) mass is 792 g/mol. The lowest BCUT2D eigenvalue weighted by molar-refractivity contribution is 0.669. The lowest BCUT2D eigenvalue weighted by Crippen LogP contribution is -2.11. The summed E-state index contributed by atoms with van der Waals surface area (Å²) >= 11 is 0. The number of furan rings is 2. The first-order chi connectivity index (χ1) is 30.8. The smallest absolute Gasteiger partial charge is 0.145 e. The number of para-hydroxylation sites is 4. The maximum Gasteiger partial charge on any atom is 0.145 e. The molecule has 290 valence electrons. The Morgan fingerprint density at radius 2 is 0.935 bits per heavy atom. The van der Waals surface area contributed by atoms with Gasteiger partial charge in [-0.15, -0.1) is 0 Å². The van der Waals surface area contributed by atoms with Crippen molar-refractivity contribution in [2.75, 3.05) is 4.90 Å². The molecular formula is C58H36N2O2. The molecule has 0 saturated heterocycles. The summed E-state index contributed by atoms with van der Waals surface area (Å²) in [6.45, 7) is 0. The standard InChI is InChI=1S/C58H36N2O2/c1-2-21-42-37(15-1)16-13-29-49(42)60(41-20-11-17-38(35-41)43-26-14-32-55-56(43)47-24-5-9-30-53(47)61-55)52-34-33-44(58-57(52)48-25-6-10-31-54(48)62-58)39-18-12-19-40(36-39)59-50-27-7-3-22-45(50)46-23-4-8-28-51(46)59/h1-36H. The Labute approximate surface area is 356 Å². The van der Waals surface area contributed by atoms with Crippen molar-refractivity contribution in [1.82, 2.24) is 4.57 Å². The van der Waals surface area contributed by atoms with Crippen LogP contribution in [-0.2, 0) is 0 Å². The molecule has 13 aromatic rings. The van der Waals surface area contributed by atoms with Gasteiger partial charge >= 0.3 is 0 Å². The van der Waals surface area contributed by atoms with E-state index in [4.69, 9.17) is 8.83 Å². The number of aromatic nitrogens is 1. The molecule has 4 heteroatoms. The Balaban J connectivity index is 1.05. The molecule has 0 atom stereocenters. The van der Waals surface area contributed by atoms with Crippen molar-refractivity contribution >= 4 is 93.5 Å². The Bertz CT molecular complexity index is 3840. The van der Waals surface area contributed by atoms with Crippen LogP contribution in [0.15, 0.2) is 227 Å². The molecule has 10 aromatic carbocycles. The van der Waals surface area contributed by atoms with E-state index in [1.807, 2.05) is 12.1 Å². The summed E-state index contributed by atoms with van der Waals surface area (Å²) in [4.78, 5) is 2.42. The SMILES string of the molecule is c1cc(-c2cccc3oc4ccccc4c23)cc(N(c2cccc3ccccc23)c2ccc(-c3cccc(-n4c5ccccc5c5ccccc54)c3)c3oc4ccccc4c23)c1. The van der Waals surface area contributed by atoms with Crippen LogP contribution in [0.4, 0.5) is 17.1 Å². The summed E-state index contributed by atoms with van der Waals surface area (Å²) in [6.07, 6.45) is 0. The summed E-state index contributed by atoms with van der Waals surface area (Å²) in [7, 11) is 0. The lowest BCUT2D eigenvalue weighted by atomic mass is 9.97. The van der Waals surface area contributed by atoms with Gasteiger partial charge in [0.1, 0.15) is 22.3 Å². The van der Waals surface area contributed by atoms with Gasteiger partial charge in [-0.3, -0.25) is 0 Å². The van der Waals surface area contributed by atoms with Gasteiger partial charge < -0.3 is 18.3 Å². The molecule has 0 aliphatic rings. The molecule has 0 radical (unpaired) electrons. The van der Waals surface area contributed by atoms with Gasteiger partial charge in [-0.05, 0) is 94.9 Å². The van der Waals surface area contributed by atoms with Gasteiger partial charge in [0.15, 0.2) is 0 Å². The minimum atomic E-state index is 0.846. The predicted octanol–water partition coefficient (Wildman–Crippen LogP) is 16.5. The van der Waals surface area contributed by atoms with Gasteiger partial charge in [0.05, 0.1) is 27.8 Å². The number of hydrogen-bond acceptors (Lipinski definition) is 3. The van der Waals surface area contributed by atoms with Gasteiger partial charge in [0, 0.05) is 49.3 Å². The minimum absolute atomic E-state index is 0.846. The van der Waals surface area contributed by atoms with Crippen molar-refractivity contribution < 1.29 is 8.83 Å². The minimum Gasteiger partial charge on any atom is -0.456 e. The molecule has 0 aliphatic heterocycles. The van der Waals surface area contributed by atoms with Crippen LogP contribution in [0.2, 0.25) is 0 Å². The van der Waals surface area contributed by atoms with Crippen molar-refractivity contribution in [3.63, 3.8) is 0 Å². The molecule has 0 aliphatic carbocycles. The highest BCUT2D eigenvalue weighted by atomic mass is 16.3. The largest absolute Gasteiger partial charge is 0.456 e. The lowest BCUT2D eigenvalue weighted by Gasteiger charge is -2.28. The van der Waals surface area contributed by atoms with E-state index < -0.39 is 0 Å². The zero-order valence-electron chi connectivity index (χ0n) is 33.5. The van der Waals surface area contributed by atoms with Crippen LogP contribution in [-0.4, -0.2) is 4.57 Å². The van der Waals surface area contributed by atoms with Gasteiger partial charge in [-0.2, -0.15) is 0 Å². The van der Waals surface area contributed by atoms with E-state index in [0.717, 1.165) is 94.3 Å². The molecule has 0 N–H and O–H groups in total. The fourth-order valence-corrected chi connectivity index (χ4v) is 9.88. The molecular weight excluding hydrogens is 757 g/mol. The Morgan fingerprint density at radius 3 is 1.73 bits per heavy atom. The topological polar surface area (TPSA) is 34.5 Å². The van der Waals surface area contributed by atoms with Gasteiger partial charge in [0.2, 0.25) is 0 Å². The fraction of sp³-hybridized carbons (Fsp3) is 0. The molecule has 4 nitrogen and oxygen atoms in total. The summed E-state index contributed by atoms with van der Waals surface area (Å²) in [5.41, 5.74) is 14.4. The first-order valence-corrected chi connectivity index (χ1v) is 21.1. The molecule has 0 unspecified atom stereocenters. The molecule has 13 rings (SSSR count). The molecule has 0 bridgehead atoms. The molecule has 0 spiro atoms. The van der Waals surface area contributed by atoms with E-state index in [1.165, 1.54) is 27.2 Å². The normalized spacial score (nSPS) is 11.9. The van der Waals surface area contributed by atoms with Crippen LogP contribution < -0.4 is 4.90 Å². The second-order valence-corrected chi connectivity index (χ2v) is 16.0. The number of fused-ring (bicyclic) bond motifs is 10. The summed E-state index contributed by atoms with van der Waals surface area (Å²) in [5, 5.41) is 9.16. The molecule has 3 heterocycles. The number of benzene rings is 10. The molecule has 62 heavy (non-hydrogen) atoms. The van der Waals surface area contributed by atoms with Crippen molar-refractivity contribution in [3.05, 3.63) is 218 Å². The maximum atomic E-state index is 6.99. The third kappa shape index (κ3) is 5.20. The van der Waals surface area contributed by atoms with E-state index in [-0.39, 0.29) is 0 Å². The highest BCUT2D eigenvalue weighted by Gasteiger charge is 2.24. The quantitative estimate of drug-likeness (QED) is 0.168. The molecule has 3 aromatic heterocycles. The second-order valence-electron chi connectivity index (χ2n) is 16.0. The maximum absolute atomic E-state index is 6.99. The van der Waals surface area contributed by atoms with Crippen LogP contribution in [0.5, 0.6) is 0 Å². The van der Waals surface area contributed by atoms with Crippen molar-refractivity contribution in [3.8, 4) is 27.9 Å². The van der Waals surface area contributed by atoms with Gasteiger partial charge in [0.25, 0.3) is 0 Å². The number of anilines is 3. The Hall–Kier alpha value is -8.34. The Kier molecular flexibility index (Phi) is 7.57. The van der Waals surface area contributed by atoms with E-state index in [9.17, 15) is 0 Å². The molecule has 0 fully saturated rings. The van der Waals surface area contributed by atoms with E-state index in [2.05, 4.69) is 216 Å². The summed E-state index contributed by atoms with van der Waals surface area (Å²) in [6, 6.07) is 77.9. The van der Waals surface area contributed by atoms with Crippen LogP contribution >= 0.6 is 0 Å². The van der Waals surface area contributed by atoms with Crippen LogP contribution in [0, 0.1) is 0 Å². The van der Waals surface area contributed by atoms with Crippen LogP contribution in [0.25, 0.3) is 104 Å². The zero-order valence-corrected chi connectivity index (χ0v) is 33.5. The van der Waals surface area contributed by atoms with Crippen LogP contribution in [0.3, 0.4) is 0 Å². The highest BCUT2D eigenvalue weighted by molar-refractivity contribution is 6.19. The molecule has 0 amide bonds. The van der Waals surface area contributed by atoms with E-state index in [0.29, 0.717) is 0 Å². The number of nitrogens with zero attached hydrogens (tertiary/aromatic N) is 2. The van der Waals surface area contributed by atoms with E-state index in [1.54, 1.807) is 0 Å². The van der Waals surface area contributed by atoms with Crippen molar-refractivity contribution in [1.29, 1.82) is 0 Å². The van der Waals surface area contributed by atoms with Crippen molar-refractivity contribution in [2.24, 2.45) is 0 Å². The average molecular weight is 793 g/mol. The number of rotatable bonds is 6. The zero-order chi connectivity index (χ0) is 40.7. The van der Waals surface area contributed by atoms with Crippen LogP contribution in [0.1, 0.15) is 0 Å². The fourth-order valence-electron chi connectivity index (χ4n) is 9.88. The van der Waals surface area contributed by atoms with E-state index >= 15 is 0 Å². The third-order valence-electron chi connectivity index (χ3n) is 12.6. The van der Waals surface area contributed by atoms with Gasteiger partial charge in [-0.1, -0.05) is 146 Å². The highest BCUT2D eigenvalue weighted by Crippen LogP contribution is 2.49. The summed E-state index contributed by atoms with van der Waals surface area (Å²) in [5.74, 6) is 0. The first-order valence-electron chi connectivity index (χ1n) is 21.1. The summed E-state index contributed by atoms with van der Waals surface area (Å²) < 4.78 is 15.7. The average Bonchev–Trinajstić information content (AvgIpc) is 4.02. The molecule has 0 saturated carbocycles. The van der Waals surface area contributed by atoms with Gasteiger partial charge in [-0.25, -0.2) is 0 Å². The predicted molar refractivity (Wildman–Crippen MR) is 258 cm³/mol. The number of hydrogen-bond donors (Lipinski definition) is 0. The van der Waals surface area contributed by atoms with Crippen molar-refractivity contribution in [2.45, 2.75) is 0 Å². The first kappa shape index (κ1) is 34.5. The Morgan fingerprint density at radius 1 is 0.355 bits per heavy atom. The second kappa shape index (κ2) is 13.6.